The van der Waals surface area contributed by atoms with Gasteiger partial charge in [-0.1, -0.05) is 33.1 Å². The van der Waals surface area contributed by atoms with Crippen molar-refractivity contribution in [3.05, 3.63) is 0 Å². The number of rotatable bonds is 2. The largest absolute Gasteiger partial charge is 0.390 e. The van der Waals surface area contributed by atoms with Crippen LogP contribution in [0.15, 0.2) is 0 Å². The van der Waals surface area contributed by atoms with Gasteiger partial charge >= 0.3 is 0 Å². The monoisotopic (exact) mass is 280 g/mol. The van der Waals surface area contributed by atoms with Crippen LogP contribution in [0.1, 0.15) is 78.1 Å². The number of ether oxygens (including phenoxy) is 1. The first-order chi connectivity index (χ1) is 9.53. The van der Waals surface area contributed by atoms with Crippen molar-refractivity contribution in [1.29, 1.82) is 0 Å². The van der Waals surface area contributed by atoms with Crippen molar-refractivity contribution < 1.29 is 9.84 Å². The smallest absolute Gasteiger partial charge is 0.0686 e. The number of hydrogen-bond donors (Lipinski definition) is 1. The molecule has 0 aromatic heterocycles. The molecule has 116 valence electrons. The molecule has 2 nitrogen and oxygen atoms in total. The molecule has 1 saturated heterocycles. The second-order valence-corrected chi connectivity index (χ2v) is 8.13. The molecule has 20 heavy (non-hydrogen) atoms. The zero-order valence-electron chi connectivity index (χ0n) is 13.4. The number of hydrogen-bond acceptors (Lipinski definition) is 2. The van der Waals surface area contributed by atoms with Crippen LogP contribution in [0.5, 0.6) is 0 Å². The Balaban J connectivity index is 1.70. The Kier molecular flexibility index (Phi) is 4.16. The van der Waals surface area contributed by atoms with Gasteiger partial charge in [-0.05, 0) is 62.7 Å². The summed E-state index contributed by atoms with van der Waals surface area (Å²) in [6.45, 7) is 5.51. The van der Waals surface area contributed by atoms with Crippen molar-refractivity contribution in [2.75, 3.05) is 6.61 Å². The molecular formula is C18H32O2. The van der Waals surface area contributed by atoms with Crippen molar-refractivity contribution in [2.45, 2.75) is 89.3 Å². The van der Waals surface area contributed by atoms with Crippen molar-refractivity contribution in [3.63, 3.8) is 0 Å². The van der Waals surface area contributed by atoms with Gasteiger partial charge in [-0.2, -0.15) is 0 Å². The Morgan fingerprint density at radius 1 is 1.00 bits per heavy atom. The number of aliphatic hydroxyl groups is 1. The maximum absolute atomic E-state index is 11.3. The van der Waals surface area contributed by atoms with Crippen LogP contribution in [-0.4, -0.2) is 22.9 Å². The highest BCUT2D eigenvalue weighted by Crippen LogP contribution is 2.49. The van der Waals surface area contributed by atoms with E-state index >= 15 is 0 Å². The SMILES string of the molecule is CC(C)C1CCCC(O)(C2CCOC3(CCCC3)C2)C1. The first-order valence-electron chi connectivity index (χ1n) is 8.89. The molecule has 1 aliphatic heterocycles. The molecular weight excluding hydrogens is 248 g/mol. The van der Waals surface area contributed by atoms with Gasteiger partial charge in [-0.3, -0.25) is 0 Å². The van der Waals surface area contributed by atoms with E-state index in [1.165, 1.54) is 38.5 Å². The molecule has 3 rings (SSSR count). The Bertz CT molecular complexity index is 332. The highest BCUT2D eigenvalue weighted by molar-refractivity contribution is 5.00. The molecule has 2 heteroatoms. The van der Waals surface area contributed by atoms with E-state index < -0.39 is 5.60 Å². The summed E-state index contributed by atoms with van der Waals surface area (Å²) < 4.78 is 6.16. The summed E-state index contributed by atoms with van der Waals surface area (Å²) in [5, 5.41) is 11.3. The summed E-state index contributed by atoms with van der Waals surface area (Å²) >= 11 is 0. The lowest BCUT2D eigenvalue weighted by atomic mass is 9.64. The lowest BCUT2D eigenvalue weighted by molar-refractivity contribution is -0.156. The van der Waals surface area contributed by atoms with Crippen LogP contribution in [0, 0.1) is 17.8 Å². The summed E-state index contributed by atoms with van der Waals surface area (Å²) in [7, 11) is 0. The fourth-order valence-electron chi connectivity index (χ4n) is 5.12. The van der Waals surface area contributed by atoms with E-state index in [1.54, 1.807) is 0 Å². The fourth-order valence-corrected chi connectivity index (χ4v) is 5.12. The molecule has 0 amide bonds. The normalized spacial score (nSPS) is 41.4. The van der Waals surface area contributed by atoms with E-state index in [4.69, 9.17) is 4.74 Å². The summed E-state index contributed by atoms with van der Waals surface area (Å²) in [5.74, 6) is 1.91. The predicted octanol–water partition coefficient (Wildman–Crippen LogP) is 4.30. The van der Waals surface area contributed by atoms with E-state index in [0.717, 1.165) is 38.2 Å². The lowest BCUT2D eigenvalue weighted by Crippen LogP contribution is -2.50. The lowest BCUT2D eigenvalue weighted by Gasteiger charge is -2.49. The highest BCUT2D eigenvalue weighted by Gasteiger charge is 2.48. The Labute approximate surface area is 124 Å². The van der Waals surface area contributed by atoms with Crippen molar-refractivity contribution >= 4 is 0 Å². The topological polar surface area (TPSA) is 29.5 Å². The molecule has 0 radical (unpaired) electrons. The average molecular weight is 280 g/mol. The zero-order valence-corrected chi connectivity index (χ0v) is 13.4. The maximum Gasteiger partial charge on any atom is 0.0686 e. The van der Waals surface area contributed by atoms with Crippen LogP contribution in [-0.2, 0) is 4.74 Å². The molecule has 1 N–H and O–H groups in total. The molecule has 2 aliphatic carbocycles. The van der Waals surface area contributed by atoms with Gasteiger partial charge in [0.2, 0.25) is 0 Å². The summed E-state index contributed by atoms with van der Waals surface area (Å²) in [5.41, 5.74) is -0.254. The second kappa shape index (κ2) is 5.61. The van der Waals surface area contributed by atoms with Crippen LogP contribution >= 0.6 is 0 Å². The Morgan fingerprint density at radius 3 is 2.45 bits per heavy atom. The summed E-state index contributed by atoms with van der Waals surface area (Å²) in [4.78, 5) is 0. The van der Waals surface area contributed by atoms with Crippen LogP contribution < -0.4 is 0 Å². The minimum absolute atomic E-state index is 0.142. The minimum atomic E-state index is -0.396. The molecule has 1 spiro atoms. The summed E-state index contributed by atoms with van der Waals surface area (Å²) in [6, 6.07) is 0. The molecule has 3 atom stereocenters. The maximum atomic E-state index is 11.3. The third kappa shape index (κ3) is 2.78. The molecule has 0 aromatic rings. The van der Waals surface area contributed by atoms with Gasteiger partial charge in [0, 0.05) is 6.61 Å². The van der Waals surface area contributed by atoms with Crippen LogP contribution in [0.3, 0.4) is 0 Å². The minimum Gasteiger partial charge on any atom is -0.390 e. The second-order valence-electron chi connectivity index (χ2n) is 8.13. The Morgan fingerprint density at radius 2 is 1.75 bits per heavy atom. The van der Waals surface area contributed by atoms with Gasteiger partial charge in [0.1, 0.15) is 0 Å². The van der Waals surface area contributed by atoms with Crippen molar-refractivity contribution in [3.8, 4) is 0 Å². The highest BCUT2D eigenvalue weighted by atomic mass is 16.5. The van der Waals surface area contributed by atoms with E-state index in [9.17, 15) is 5.11 Å². The van der Waals surface area contributed by atoms with Gasteiger partial charge in [0.25, 0.3) is 0 Å². The Hall–Kier alpha value is -0.0800. The van der Waals surface area contributed by atoms with Gasteiger partial charge < -0.3 is 9.84 Å². The van der Waals surface area contributed by atoms with E-state index in [2.05, 4.69) is 13.8 Å². The average Bonchev–Trinajstić information content (AvgIpc) is 2.87. The molecule has 1 heterocycles. The van der Waals surface area contributed by atoms with Gasteiger partial charge in [0.15, 0.2) is 0 Å². The molecule has 2 saturated carbocycles. The van der Waals surface area contributed by atoms with Crippen molar-refractivity contribution in [1.82, 2.24) is 0 Å². The van der Waals surface area contributed by atoms with Gasteiger partial charge in [-0.25, -0.2) is 0 Å². The van der Waals surface area contributed by atoms with E-state index in [0.29, 0.717) is 11.8 Å². The molecule has 3 unspecified atom stereocenters. The fraction of sp³-hybridized carbons (Fsp3) is 1.00. The van der Waals surface area contributed by atoms with Gasteiger partial charge in [-0.15, -0.1) is 0 Å². The quantitative estimate of drug-likeness (QED) is 0.817. The first kappa shape index (κ1) is 14.8. The van der Waals surface area contributed by atoms with Crippen LogP contribution in [0.2, 0.25) is 0 Å². The van der Waals surface area contributed by atoms with E-state index in [-0.39, 0.29) is 5.60 Å². The first-order valence-corrected chi connectivity index (χ1v) is 8.89. The van der Waals surface area contributed by atoms with Gasteiger partial charge in [0.05, 0.1) is 11.2 Å². The molecule has 3 aliphatic rings. The van der Waals surface area contributed by atoms with E-state index in [1.807, 2.05) is 0 Å². The summed E-state index contributed by atoms with van der Waals surface area (Å²) in [6.07, 6.45) is 11.9. The molecule has 3 fully saturated rings. The van der Waals surface area contributed by atoms with Crippen molar-refractivity contribution in [2.24, 2.45) is 17.8 Å². The molecule has 0 aromatic carbocycles. The van der Waals surface area contributed by atoms with Crippen LogP contribution in [0.4, 0.5) is 0 Å². The molecule has 0 bridgehead atoms. The zero-order chi connectivity index (χ0) is 14.2. The van der Waals surface area contributed by atoms with Crippen LogP contribution in [0.25, 0.3) is 0 Å². The third-order valence-electron chi connectivity index (χ3n) is 6.51. The standard InChI is InChI=1S/C18H32O2/c1-14(2)15-6-5-10-18(19,12-15)16-7-11-20-17(13-16)8-3-4-9-17/h14-16,19H,3-13H2,1-2H3. The third-order valence-corrected chi connectivity index (χ3v) is 6.51. The predicted molar refractivity (Wildman–Crippen MR) is 81.6 cm³/mol.